The summed E-state index contributed by atoms with van der Waals surface area (Å²) in [6.45, 7) is 5.86. The number of aliphatic hydroxyl groups excluding tert-OH is 1. The molecular formula is C15H22O3. The first-order valence-corrected chi connectivity index (χ1v) is 6.50. The minimum atomic E-state index is -0.0599. The molecule has 1 saturated heterocycles. The number of aliphatic hydroxyl groups is 1. The van der Waals surface area contributed by atoms with Gasteiger partial charge in [-0.25, -0.2) is 0 Å². The van der Waals surface area contributed by atoms with Crippen molar-refractivity contribution in [2.24, 2.45) is 0 Å². The van der Waals surface area contributed by atoms with Crippen molar-refractivity contribution in [1.29, 1.82) is 0 Å². The maximum atomic E-state index is 9.24. The van der Waals surface area contributed by atoms with Crippen molar-refractivity contribution in [2.45, 2.75) is 31.6 Å². The quantitative estimate of drug-likeness (QED) is 0.872. The Hall–Kier alpha value is -1.06. The predicted molar refractivity (Wildman–Crippen MR) is 71.3 cm³/mol. The summed E-state index contributed by atoms with van der Waals surface area (Å²) < 4.78 is 10.9. The lowest BCUT2D eigenvalue weighted by atomic mass is 9.75. The summed E-state index contributed by atoms with van der Waals surface area (Å²) in [6.07, 6.45) is 0.727. The van der Waals surface area contributed by atoms with Crippen LogP contribution in [-0.2, 0) is 10.2 Å². The SMILES string of the molecule is COc1cc(C(C)C)ccc1C1(CCO)COC1. The summed E-state index contributed by atoms with van der Waals surface area (Å²) in [5.74, 6) is 1.40. The normalized spacial score (nSPS) is 17.6. The molecule has 0 saturated carbocycles. The van der Waals surface area contributed by atoms with Gasteiger partial charge in [0.2, 0.25) is 0 Å². The van der Waals surface area contributed by atoms with Crippen molar-refractivity contribution in [3.63, 3.8) is 0 Å². The smallest absolute Gasteiger partial charge is 0.123 e. The van der Waals surface area contributed by atoms with Crippen LogP contribution in [0.25, 0.3) is 0 Å². The molecule has 1 N–H and O–H groups in total. The zero-order chi connectivity index (χ0) is 13.2. The lowest BCUT2D eigenvalue weighted by molar-refractivity contribution is -0.0709. The highest BCUT2D eigenvalue weighted by molar-refractivity contribution is 5.44. The van der Waals surface area contributed by atoms with Crippen LogP contribution < -0.4 is 4.74 Å². The third-order valence-electron chi connectivity index (χ3n) is 3.81. The average molecular weight is 250 g/mol. The third kappa shape index (κ3) is 2.25. The Morgan fingerprint density at radius 3 is 2.56 bits per heavy atom. The highest BCUT2D eigenvalue weighted by Crippen LogP contribution is 2.41. The molecule has 1 aromatic rings. The van der Waals surface area contributed by atoms with Gasteiger partial charge in [0.1, 0.15) is 5.75 Å². The van der Waals surface area contributed by atoms with Crippen molar-refractivity contribution in [3.05, 3.63) is 29.3 Å². The molecule has 0 radical (unpaired) electrons. The number of methoxy groups -OCH3 is 1. The molecule has 0 amide bonds. The van der Waals surface area contributed by atoms with Crippen LogP contribution in [0.3, 0.4) is 0 Å². The van der Waals surface area contributed by atoms with Gasteiger partial charge >= 0.3 is 0 Å². The standard InChI is InChI=1S/C15H22O3/c1-11(2)12-4-5-13(14(8-12)17-3)15(6-7-16)9-18-10-15/h4-5,8,11,16H,6-7,9-10H2,1-3H3. The Labute approximate surface area is 109 Å². The van der Waals surface area contributed by atoms with Crippen molar-refractivity contribution in [3.8, 4) is 5.75 Å². The van der Waals surface area contributed by atoms with Crippen LogP contribution in [0.4, 0.5) is 0 Å². The van der Waals surface area contributed by atoms with Crippen molar-refractivity contribution in [1.82, 2.24) is 0 Å². The van der Waals surface area contributed by atoms with Crippen molar-refractivity contribution >= 4 is 0 Å². The largest absolute Gasteiger partial charge is 0.496 e. The van der Waals surface area contributed by atoms with E-state index in [1.54, 1.807) is 7.11 Å². The summed E-state index contributed by atoms with van der Waals surface area (Å²) in [5.41, 5.74) is 2.37. The highest BCUT2D eigenvalue weighted by atomic mass is 16.5. The fourth-order valence-electron chi connectivity index (χ4n) is 2.50. The minimum absolute atomic E-state index is 0.0599. The molecule has 3 nitrogen and oxygen atoms in total. The summed E-state index contributed by atoms with van der Waals surface area (Å²) in [6, 6.07) is 6.39. The minimum Gasteiger partial charge on any atom is -0.496 e. The van der Waals surface area contributed by atoms with Crippen molar-refractivity contribution in [2.75, 3.05) is 26.9 Å². The molecule has 1 aliphatic rings. The van der Waals surface area contributed by atoms with Crippen LogP contribution in [-0.4, -0.2) is 32.0 Å². The predicted octanol–water partition coefficient (Wildman–Crippen LogP) is 2.47. The van der Waals surface area contributed by atoms with Crippen LogP contribution in [0.2, 0.25) is 0 Å². The van der Waals surface area contributed by atoms with E-state index in [0.717, 1.165) is 17.7 Å². The molecule has 1 heterocycles. The first-order valence-electron chi connectivity index (χ1n) is 6.50. The Morgan fingerprint density at radius 2 is 2.11 bits per heavy atom. The second-order valence-electron chi connectivity index (χ2n) is 5.36. The summed E-state index contributed by atoms with van der Waals surface area (Å²) in [7, 11) is 1.70. The summed E-state index contributed by atoms with van der Waals surface area (Å²) in [5, 5.41) is 9.24. The molecule has 1 aromatic carbocycles. The molecule has 1 aliphatic heterocycles. The van der Waals surface area contributed by atoms with E-state index in [-0.39, 0.29) is 12.0 Å². The van der Waals surface area contributed by atoms with E-state index >= 15 is 0 Å². The Bertz CT molecular complexity index is 408. The van der Waals surface area contributed by atoms with Crippen LogP contribution in [0, 0.1) is 0 Å². The van der Waals surface area contributed by atoms with Gasteiger partial charge in [0.05, 0.1) is 20.3 Å². The fourth-order valence-corrected chi connectivity index (χ4v) is 2.50. The second-order valence-corrected chi connectivity index (χ2v) is 5.36. The average Bonchev–Trinajstić information content (AvgIpc) is 2.33. The summed E-state index contributed by atoms with van der Waals surface area (Å²) >= 11 is 0. The molecule has 2 rings (SSSR count). The van der Waals surface area contributed by atoms with Crippen LogP contribution in [0.5, 0.6) is 5.75 Å². The van der Waals surface area contributed by atoms with Gasteiger partial charge in [-0.1, -0.05) is 26.0 Å². The molecule has 0 spiro atoms. The monoisotopic (exact) mass is 250 g/mol. The van der Waals surface area contributed by atoms with Gasteiger partial charge in [0.15, 0.2) is 0 Å². The molecule has 0 atom stereocenters. The maximum Gasteiger partial charge on any atom is 0.123 e. The van der Waals surface area contributed by atoms with Gasteiger partial charge in [-0.3, -0.25) is 0 Å². The van der Waals surface area contributed by atoms with Gasteiger partial charge < -0.3 is 14.6 Å². The second kappa shape index (κ2) is 5.29. The number of rotatable bonds is 5. The Balaban J connectivity index is 2.37. The van der Waals surface area contributed by atoms with Crippen LogP contribution >= 0.6 is 0 Å². The third-order valence-corrected chi connectivity index (χ3v) is 3.81. The number of hydrogen-bond acceptors (Lipinski definition) is 3. The molecule has 0 unspecified atom stereocenters. The van der Waals surface area contributed by atoms with Crippen LogP contribution in [0.15, 0.2) is 18.2 Å². The molecule has 100 valence electrons. The zero-order valence-corrected chi connectivity index (χ0v) is 11.4. The molecule has 0 bridgehead atoms. The zero-order valence-electron chi connectivity index (χ0n) is 11.4. The van der Waals surface area contributed by atoms with E-state index in [0.29, 0.717) is 19.1 Å². The first kappa shape index (κ1) is 13.4. The van der Waals surface area contributed by atoms with E-state index in [2.05, 4.69) is 32.0 Å². The molecule has 3 heteroatoms. The Kier molecular flexibility index (Phi) is 3.93. The molecular weight excluding hydrogens is 228 g/mol. The van der Waals surface area contributed by atoms with E-state index in [1.807, 2.05) is 0 Å². The molecule has 0 aromatic heterocycles. The molecule has 1 fully saturated rings. The number of ether oxygens (including phenoxy) is 2. The van der Waals surface area contributed by atoms with Gasteiger partial charge in [0.25, 0.3) is 0 Å². The fraction of sp³-hybridized carbons (Fsp3) is 0.600. The summed E-state index contributed by atoms with van der Waals surface area (Å²) in [4.78, 5) is 0. The van der Waals surface area contributed by atoms with Crippen molar-refractivity contribution < 1.29 is 14.6 Å². The van der Waals surface area contributed by atoms with Gasteiger partial charge in [-0.05, 0) is 24.0 Å². The van der Waals surface area contributed by atoms with E-state index in [1.165, 1.54) is 5.56 Å². The van der Waals surface area contributed by atoms with E-state index in [4.69, 9.17) is 9.47 Å². The number of benzene rings is 1. The Morgan fingerprint density at radius 1 is 1.39 bits per heavy atom. The highest BCUT2D eigenvalue weighted by Gasteiger charge is 2.41. The number of hydrogen-bond donors (Lipinski definition) is 1. The lowest BCUT2D eigenvalue weighted by Gasteiger charge is -2.42. The van der Waals surface area contributed by atoms with E-state index < -0.39 is 0 Å². The lowest BCUT2D eigenvalue weighted by Crippen LogP contribution is -2.47. The molecule has 18 heavy (non-hydrogen) atoms. The van der Waals surface area contributed by atoms with Crippen LogP contribution in [0.1, 0.15) is 37.3 Å². The molecule has 0 aliphatic carbocycles. The topological polar surface area (TPSA) is 38.7 Å². The van der Waals surface area contributed by atoms with E-state index in [9.17, 15) is 5.11 Å². The van der Waals surface area contributed by atoms with Gasteiger partial charge in [-0.15, -0.1) is 0 Å². The van der Waals surface area contributed by atoms with Gasteiger partial charge in [0, 0.05) is 17.6 Å². The van der Waals surface area contributed by atoms with Gasteiger partial charge in [-0.2, -0.15) is 0 Å². The maximum absolute atomic E-state index is 9.24. The first-order chi connectivity index (χ1) is 8.63.